The summed E-state index contributed by atoms with van der Waals surface area (Å²) in [6.45, 7) is 4.12. The van der Waals surface area contributed by atoms with Crippen LogP contribution in [-0.4, -0.2) is 16.7 Å². The first-order valence-corrected chi connectivity index (χ1v) is 11.9. The number of rotatable bonds is 4. The standard InChI is InChI=1S/C27H31FN2O2/c1-16-11-13-29-24(14-16)30-25(32)9-6-17-15-23(31)27(2)12-10-19-18-4-3-5-22(28)20(18)7-8-21(19)26(17)27/h3-5,11,13-14,17,19,21,26H,6-10,12,15H2,1-2H3,(H,29,30,32)/t17-,19?,21?,26?,27-/m1/s1. The van der Waals surface area contributed by atoms with Crippen LogP contribution in [0.3, 0.4) is 0 Å². The Morgan fingerprint density at radius 1 is 1.28 bits per heavy atom. The van der Waals surface area contributed by atoms with E-state index in [1.54, 1.807) is 12.3 Å². The van der Waals surface area contributed by atoms with Gasteiger partial charge in [-0.3, -0.25) is 9.59 Å². The number of hydrogen-bond donors (Lipinski definition) is 1. The number of Topliss-reactive ketones (excluding diaryl/α,β-unsaturated/α-hetero) is 1. The van der Waals surface area contributed by atoms with Crippen molar-refractivity contribution in [1.82, 2.24) is 4.98 Å². The summed E-state index contributed by atoms with van der Waals surface area (Å²) < 4.78 is 14.4. The van der Waals surface area contributed by atoms with E-state index >= 15 is 0 Å². The minimum absolute atomic E-state index is 0.0485. The predicted molar refractivity (Wildman–Crippen MR) is 122 cm³/mol. The van der Waals surface area contributed by atoms with Gasteiger partial charge in [0.25, 0.3) is 0 Å². The second kappa shape index (κ2) is 8.09. The average Bonchev–Trinajstić information content (AvgIpc) is 3.02. The lowest BCUT2D eigenvalue weighted by Gasteiger charge is -2.50. The Morgan fingerprint density at radius 2 is 2.12 bits per heavy atom. The Morgan fingerprint density at radius 3 is 2.94 bits per heavy atom. The van der Waals surface area contributed by atoms with Gasteiger partial charge in [-0.15, -0.1) is 0 Å². The number of aromatic nitrogens is 1. The minimum Gasteiger partial charge on any atom is -0.311 e. The number of nitrogens with one attached hydrogen (secondary N) is 1. The highest BCUT2D eigenvalue weighted by Crippen LogP contribution is 2.62. The number of carbonyl (C=O) groups excluding carboxylic acids is 2. The topological polar surface area (TPSA) is 59.1 Å². The van der Waals surface area contributed by atoms with E-state index in [2.05, 4.69) is 23.3 Å². The first kappa shape index (κ1) is 21.3. The molecule has 32 heavy (non-hydrogen) atoms. The fourth-order valence-electron chi connectivity index (χ4n) is 7.02. The molecule has 2 aromatic rings. The van der Waals surface area contributed by atoms with Crippen molar-refractivity contribution < 1.29 is 14.0 Å². The Bertz CT molecular complexity index is 1070. The van der Waals surface area contributed by atoms with Gasteiger partial charge in [0.15, 0.2) is 0 Å². The van der Waals surface area contributed by atoms with Crippen LogP contribution in [0.1, 0.15) is 68.1 Å². The molecule has 0 saturated heterocycles. The molecular weight excluding hydrogens is 403 g/mol. The lowest BCUT2D eigenvalue weighted by molar-refractivity contribution is -0.129. The Kier molecular flexibility index (Phi) is 5.39. The van der Waals surface area contributed by atoms with Crippen LogP contribution < -0.4 is 5.32 Å². The number of nitrogens with zero attached hydrogens (tertiary/aromatic N) is 1. The van der Waals surface area contributed by atoms with E-state index in [0.717, 1.165) is 42.4 Å². The summed E-state index contributed by atoms with van der Waals surface area (Å²) in [6, 6.07) is 9.24. The van der Waals surface area contributed by atoms with Crippen LogP contribution in [0.5, 0.6) is 0 Å². The molecule has 0 spiro atoms. The third-order valence-electron chi connectivity index (χ3n) is 8.49. The van der Waals surface area contributed by atoms with Crippen LogP contribution in [0.25, 0.3) is 0 Å². The summed E-state index contributed by atoms with van der Waals surface area (Å²) in [5.41, 5.74) is 2.79. The summed E-state index contributed by atoms with van der Waals surface area (Å²) >= 11 is 0. The van der Waals surface area contributed by atoms with Crippen molar-refractivity contribution in [3.8, 4) is 0 Å². The molecule has 3 unspecified atom stereocenters. The van der Waals surface area contributed by atoms with Gasteiger partial charge < -0.3 is 5.32 Å². The van der Waals surface area contributed by atoms with E-state index in [9.17, 15) is 14.0 Å². The number of hydrogen-bond acceptors (Lipinski definition) is 3. The fourth-order valence-corrected chi connectivity index (χ4v) is 7.02. The Balaban J connectivity index is 1.33. The van der Waals surface area contributed by atoms with Crippen LogP contribution in [-0.2, 0) is 16.0 Å². The molecule has 0 aliphatic heterocycles. The van der Waals surface area contributed by atoms with Gasteiger partial charge in [-0.2, -0.15) is 0 Å². The maximum Gasteiger partial charge on any atom is 0.225 e. The molecule has 3 aliphatic carbocycles. The second-order valence-electron chi connectivity index (χ2n) is 10.3. The van der Waals surface area contributed by atoms with Gasteiger partial charge in [-0.25, -0.2) is 9.37 Å². The normalized spacial score (nSPS) is 30.9. The molecule has 0 bridgehead atoms. The van der Waals surface area contributed by atoms with Crippen molar-refractivity contribution in [1.29, 1.82) is 0 Å². The molecular formula is C27H31FN2O2. The third-order valence-corrected chi connectivity index (χ3v) is 8.49. The maximum absolute atomic E-state index is 14.4. The molecule has 1 N–H and O–H groups in total. The van der Waals surface area contributed by atoms with Crippen molar-refractivity contribution in [3.05, 3.63) is 59.0 Å². The van der Waals surface area contributed by atoms with Crippen molar-refractivity contribution in [2.75, 3.05) is 5.32 Å². The zero-order valence-corrected chi connectivity index (χ0v) is 18.9. The zero-order chi connectivity index (χ0) is 22.5. The van der Waals surface area contributed by atoms with E-state index in [1.165, 1.54) is 0 Å². The van der Waals surface area contributed by atoms with Crippen molar-refractivity contribution in [2.24, 2.45) is 23.2 Å². The lowest BCUT2D eigenvalue weighted by Crippen LogP contribution is -2.44. The second-order valence-corrected chi connectivity index (χ2v) is 10.3. The Hall–Kier alpha value is -2.56. The predicted octanol–water partition coefficient (Wildman–Crippen LogP) is 5.60. The lowest BCUT2D eigenvalue weighted by atomic mass is 9.54. The quantitative estimate of drug-likeness (QED) is 0.681. The van der Waals surface area contributed by atoms with Crippen LogP contribution in [0.15, 0.2) is 36.5 Å². The third kappa shape index (κ3) is 3.56. The van der Waals surface area contributed by atoms with E-state index in [-0.39, 0.29) is 29.0 Å². The number of anilines is 1. The van der Waals surface area contributed by atoms with E-state index in [1.807, 2.05) is 25.1 Å². The highest BCUT2D eigenvalue weighted by molar-refractivity contribution is 5.90. The molecule has 5 atom stereocenters. The summed E-state index contributed by atoms with van der Waals surface area (Å²) in [7, 11) is 0. The number of pyridine rings is 1. The molecule has 1 aromatic carbocycles. The minimum atomic E-state index is -0.300. The molecule has 0 radical (unpaired) electrons. The summed E-state index contributed by atoms with van der Waals surface area (Å²) in [5, 5.41) is 2.90. The van der Waals surface area contributed by atoms with Gasteiger partial charge in [-0.1, -0.05) is 19.1 Å². The van der Waals surface area contributed by atoms with Crippen molar-refractivity contribution in [3.63, 3.8) is 0 Å². The van der Waals surface area contributed by atoms with Crippen LogP contribution in [0.2, 0.25) is 0 Å². The number of aryl methyl sites for hydroxylation is 1. The zero-order valence-electron chi connectivity index (χ0n) is 18.9. The molecule has 1 amide bonds. The number of amides is 1. The average molecular weight is 435 g/mol. The molecule has 5 heteroatoms. The van der Waals surface area contributed by atoms with Gasteiger partial charge in [0.1, 0.15) is 17.4 Å². The first-order valence-electron chi connectivity index (χ1n) is 11.9. The summed E-state index contributed by atoms with van der Waals surface area (Å²) in [4.78, 5) is 29.9. The van der Waals surface area contributed by atoms with Crippen LogP contribution in [0.4, 0.5) is 10.2 Å². The molecule has 5 rings (SSSR count). The Labute approximate surface area is 189 Å². The molecule has 1 aromatic heterocycles. The first-order chi connectivity index (χ1) is 15.4. The summed E-state index contributed by atoms with van der Waals surface area (Å²) in [5.74, 6) is 2.00. The molecule has 2 fully saturated rings. The van der Waals surface area contributed by atoms with Crippen molar-refractivity contribution in [2.45, 2.75) is 64.7 Å². The van der Waals surface area contributed by atoms with E-state index in [4.69, 9.17) is 0 Å². The van der Waals surface area contributed by atoms with Gasteiger partial charge in [-0.05, 0) is 97.6 Å². The number of fused-ring (bicyclic) bond motifs is 5. The smallest absolute Gasteiger partial charge is 0.225 e. The number of carbonyl (C=O) groups is 2. The molecule has 1 heterocycles. The van der Waals surface area contributed by atoms with Gasteiger partial charge in [0, 0.05) is 24.5 Å². The fraction of sp³-hybridized carbons (Fsp3) is 0.519. The van der Waals surface area contributed by atoms with Gasteiger partial charge >= 0.3 is 0 Å². The maximum atomic E-state index is 14.4. The monoisotopic (exact) mass is 434 g/mol. The number of benzene rings is 1. The van der Waals surface area contributed by atoms with Crippen LogP contribution >= 0.6 is 0 Å². The van der Waals surface area contributed by atoms with Crippen molar-refractivity contribution >= 4 is 17.5 Å². The van der Waals surface area contributed by atoms with Crippen LogP contribution in [0, 0.1) is 35.9 Å². The SMILES string of the molecule is Cc1ccnc(NC(=O)CC[C@@H]2CC(=O)[C@@]3(C)CCC4c5cccc(F)c5CCC4C23)c1. The number of ketones is 1. The largest absolute Gasteiger partial charge is 0.311 e. The van der Waals surface area contributed by atoms with E-state index in [0.29, 0.717) is 42.7 Å². The van der Waals surface area contributed by atoms with Gasteiger partial charge in [0.05, 0.1) is 0 Å². The highest BCUT2D eigenvalue weighted by Gasteiger charge is 2.58. The van der Waals surface area contributed by atoms with Gasteiger partial charge in [0.2, 0.25) is 5.91 Å². The number of halogens is 1. The molecule has 3 aliphatic rings. The molecule has 2 saturated carbocycles. The summed E-state index contributed by atoms with van der Waals surface area (Å²) in [6.07, 6.45) is 6.85. The molecule has 168 valence electrons. The highest BCUT2D eigenvalue weighted by atomic mass is 19.1. The van der Waals surface area contributed by atoms with E-state index < -0.39 is 0 Å². The molecule has 4 nitrogen and oxygen atoms in total.